The molecule has 0 aliphatic heterocycles. The molecule has 1 rings (SSSR count). The molecule has 1 aromatic heterocycles. The first-order chi connectivity index (χ1) is 7.69. The molecule has 0 spiro atoms. The summed E-state index contributed by atoms with van der Waals surface area (Å²) in [5, 5.41) is 8.56. The normalized spacial score (nSPS) is 11.9. The number of aromatic nitrogens is 1. The molecule has 4 heteroatoms. The van der Waals surface area contributed by atoms with E-state index in [-0.39, 0.29) is 6.04 Å². The van der Waals surface area contributed by atoms with Crippen molar-refractivity contribution < 1.29 is 0 Å². The average Bonchev–Trinajstić information content (AvgIpc) is 2.30. The zero-order valence-electron chi connectivity index (χ0n) is 9.85. The zero-order valence-corrected chi connectivity index (χ0v) is 9.85. The van der Waals surface area contributed by atoms with E-state index in [0.717, 1.165) is 24.5 Å². The van der Waals surface area contributed by atoms with Crippen molar-refractivity contribution in [2.24, 2.45) is 5.73 Å². The molecule has 2 N–H and O–H groups in total. The fourth-order valence-corrected chi connectivity index (χ4v) is 1.47. The molecule has 0 radical (unpaired) electrons. The van der Waals surface area contributed by atoms with Gasteiger partial charge in [0.1, 0.15) is 5.82 Å². The van der Waals surface area contributed by atoms with E-state index in [2.05, 4.69) is 22.9 Å². The summed E-state index contributed by atoms with van der Waals surface area (Å²) in [7, 11) is 0. The Bertz CT molecular complexity index is 350. The van der Waals surface area contributed by atoms with Gasteiger partial charge in [-0.05, 0) is 25.5 Å². The number of nitrogens with zero attached hydrogens (tertiary/aromatic N) is 3. The third-order valence-corrected chi connectivity index (χ3v) is 2.50. The molecule has 0 fully saturated rings. The standard InChI is InChI=1S/C12H18N4/c1-3-16(8-4-7-13)12-6-5-11(9-15-12)10(2)14/h5-6,9-10H,3-4,8,14H2,1-2H3/t10-/m1/s1. The molecule has 0 bridgehead atoms. The van der Waals surface area contributed by atoms with Crippen LogP contribution in [0.4, 0.5) is 5.82 Å². The Morgan fingerprint density at radius 1 is 1.56 bits per heavy atom. The van der Waals surface area contributed by atoms with Crippen LogP contribution in [0.3, 0.4) is 0 Å². The van der Waals surface area contributed by atoms with Crippen molar-refractivity contribution in [1.29, 1.82) is 5.26 Å². The van der Waals surface area contributed by atoms with Crippen molar-refractivity contribution in [1.82, 2.24) is 4.98 Å². The van der Waals surface area contributed by atoms with E-state index in [4.69, 9.17) is 11.0 Å². The van der Waals surface area contributed by atoms with Crippen molar-refractivity contribution in [2.45, 2.75) is 26.3 Å². The molecule has 0 saturated heterocycles. The van der Waals surface area contributed by atoms with Gasteiger partial charge in [0.25, 0.3) is 0 Å². The SMILES string of the molecule is CCN(CCC#N)c1ccc([C@@H](C)N)cn1. The summed E-state index contributed by atoms with van der Waals surface area (Å²) < 4.78 is 0. The maximum absolute atomic E-state index is 8.56. The third kappa shape index (κ3) is 3.21. The largest absolute Gasteiger partial charge is 0.356 e. The Hall–Kier alpha value is -1.60. The van der Waals surface area contributed by atoms with Gasteiger partial charge in [0, 0.05) is 25.3 Å². The van der Waals surface area contributed by atoms with Crippen LogP contribution in [0.25, 0.3) is 0 Å². The maximum atomic E-state index is 8.56. The van der Waals surface area contributed by atoms with Crippen LogP contribution in [-0.2, 0) is 0 Å². The Balaban J connectivity index is 2.75. The molecule has 0 aliphatic rings. The smallest absolute Gasteiger partial charge is 0.128 e. The fourth-order valence-electron chi connectivity index (χ4n) is 1.47. The molecule has 1 heterocycles. The van der Waals surface area contributed by atoms with Crippen molar-refractivity contribution in [2.75, 3.05) is 18.0 Å². The molecule has 0 saturated carbocycles. The van der Waals surface area contributed by atoms with E-state index in [0.29, 0.717) is 6.42 Å². The monoisotopic (exact) mass is 218 g/mol. The van der Waals surface area contributed by atoms with E-state index >= 15 is 0 Å². The summed E-state index contributed by atoms with van der Waals surface area (Å²) in [6, 6.07) is 6.10. The van der Waals surface area contributed by atoms with Crippen LogP contribution in [0.1, 0.15) is 31.9 Å². The molecule has 0 amide bonds. The highest BCUT2D eigenvalue weighted by Crippen LogP contribution is 2.14. The van der Waals surface area contributed by atoms with E-state index in [1.165, 1.54) is 0 Å². The predicted octanol–water partition coefficient (Wildman–Crippen LogP) is 1.84. The lowest BCUT2D eigenvalue weighted by molar-refractivity contribution is 0.791. The molecule has 4 nitrogen and oxygen atoms in total. The highest BCUT2D eigenvalue weighted by atomic mass is 15.2. The lowest BCUT2D eigenvalue weighted by atomic mass is 10.1. The second-order valence-corrected chi connectivity index (χ2v) is 3.73. The maximum Gasteiger partial charge on any atom is 0.128 e. The van der Waals surface area contributed by atoms with Gasteiger partial charge in [0.05, 0.1) is 12.5 Å². The molecule has 1 aromatic rings. The summed E-state index contributed by atoms with van der Waals surface area (Å²) in [5.41, 5.74) is 6.78. The molecule has 0 aromatic carbocycles. The van der Waals surface area contributed by atoms with E-state index in [9.17, 15) is 0 Å². The summed E-state index contributed by atoms with van der Waals surface area (Å²) in [6.45, 7) is 5.56. The van der Waals surface area contributed by atoms with E-state index < -0.39 is 0 Å². The van der Waals surface area contributed by atoms with Crippen molar-refractivity contribution in [3.05, 3.63) is 23.9 Å². The van der Waals surface area contributed by atoms with Gasteiger partial charge in [-0.2, -0.15) is 5.26 Å². The van der Waals surface area contributed by atoms with Crippen LogP contribution in [0.5, 0.6) is 0 Å². The van der Waals surface area contributed by atoms with Crippen molar-refractivity contribution in [3.8, 4) is 6.07 Å². The van der Waals surface area contributed by atoms with Gasteiger partial charge in [-0.25, -0.2) is 4.98 Å². The first kappa shape index (κ1) is 12.5. The zero-order chi connectivity index (χ0) is 12.0. The number of nitrogens with two attached hydrogens (primary N) is 1. The van der Waals surface area contributed by atoms with Gasteiger partial charge in [-0.1, -0.05) is 6.07 Å². The second kappa shape index (κ2) is 6.09. The lowest BCUT2D eigenvalue weighted by Crippen LogP contribution is -2.24. The van der Waals surface area contributed by atoms with Gasteiger partial charge < -0.3 is 10.6 Å². The van der Waals surface area contributed by atoms with Crippen LogP contribution < -0.4 is 10.6 Å². The number of anilines is 1. The van der Waals surface area contributed by atoms with Crippen LogP contribution >= 0.6 is 0 Å². The molecular formula is C12H18N4. The Labute approximate surface area is 96.7 Å². The highest BCUT2D eigenvalue weighted by Gasteiger charge is 2.06. The molecule has 16 heavy (non-hydrogen) atoms. The molecule has 1 atom stereocenters. The van der Waals surface area contributed by atoms with Gasteiger partial charge in [0.2, 0.25) is 0 Å². The summed E-state index contributed by atoms with van der Waals surface area (Å²) >= 11 is 0. The first-order valence-corrected chi connectivity index (χ1v) is 5.52. The minimum absolute atomic E-state index is 0.00994. The van der Waals surface area contributed by atoms with Crippen LogP contribution in [0, 0.1) is 11.3 Å². The number of nitriles is 1. The van der Waals surface area contributed by atoms with Crippen molar-refractivity contribution in [3.63, 3.8) is 0 Å². The Kier molecular flexibility index (Phi) is 4.74. The number of hydrogen-bond donors (Lipinski definition) is 1. The minimum atomic E-state index is 0.00994. The third-order valence-electron chi connectivity index (χ3n) is 2.50. The predicted molar refractivity (Wildman–Crippen MR) is 65.0 cm³/mol. The lowest BCUT2D eigenvalue weighted by Gasteiger charge is -2.20. The van der Waals surface area contributed by atoms with E-state index in [1.54, 1.807) is 6.20 Å². The topological polar surface area (TPSA) is 65.9 Å². The summed E-state index contributed by atoms with van der Waals surface area (Å²) in [5.74, 6) is 0.905. The first-order valence-electron chi connectivity index (χ1n) is 5.52. The van der Waals surface area contributed by atoms with Crippen LogP contribution in [0.2, 0.25) is 0 Å². The molecule has 86 valence electrons. The minimum Gasteiger partial charge on any atom is -0.356 e. The van der Waals surface area contributed by atoms with Gasteiger partial charge >= 0.3 is 0 Å². The quantitative estimate of drug-likeness (QED) is 0.819. The highest BCUT2D eigenvalue weighted by molar-refractivity contribution is 5.39. The Morgan fingerprint density at radius 3 is 2.75 bits per heavy atom. The Morgan fingerprint density at radius 2 is 2.31 bits per heavy atom. The molecule has 0 unspecified atom stereocenters. The van der Waals surface area contributed by atoms with E-state index in [1.807, 2.05) is 19.1 Å². The molecular weight excluding hydrogens is 200 g/mol. The fraction of sp³-hybridized carbons (Fsp3) is 0.500. The number of hydrogen-bond acceptors (Lipinski definition) is 4. The van der Waals surface area contributed by atoms with Crippen molar-refractivity contribution >= 4 is 5.82 Å². The van der Waals surface area contributed by atoms with Gasteiger partial charge in [0.15, 0.2) is 0 Å². The van der Waals surface area contributed by atoms with Crippen LogP contribution in [0.15, 0.2) is 18.3 Å². The van der Waals surface area contributed by atoms with Gasteiger partial charge in [-0.15, -0.1) is 0 Å². The average molecular weight is 218 g/mol. The number of pyridine rings is 1. The summed E-state index contributed by atoms with van der Waals surface area (Å²) in [6.07, 6.45) is 2.32. The van der Waals surface area contributed by atoms with Crippen LogP contribution in [-0.4, -0.2) is 18.1 Å². The summed E-state index contributed by atoms with van der Waals surface area (Å²) in [4.78, 5) is 6.44. The molecule has 0 aliphatic carbocycles. The second-order valence-electron chi connectivity index (χ2n) is 3.73. The van der Waals surface area contributed by atoms with Gasteiger partial charge in [-0.3, -0.25) is 0 Å². The number of rotatable bonds is 5.